The topological polar surface area (TPSA) is 66.5 Å². The molecule has 0 aliphatic carbocycles. The minimum atomic E-state index is -3.57. The summed E-state index contributed by atoms with van der Waals surface area (Å²) in [5.74, 6) is -1.11. The van der Waals surface area contributed by atoms with Crippen LogP contribution in [0.25, 0.3) is 0 Å². The quantitative estimate of drug-likeness (QED) is 0.903. The van der Waals surface area contributed by atoms with Gasteiger partial charge in [0.15, 0.2) is 0 Å². The number of carbonyl (C=O) groups is 1. The zero-order valence-electron chi connectivity index (χ0n) is 11.2. The van der Waals surface area contributed by atoms with Gasteiger partial charge in [0, 0.05) is 18.7 Å². The van der Waals surface area contributed by atoms with Crippen molar-refractivity contribution in [2.24, 2.45) is 0 Å². The highest BCUT2D eigenvalue weighted by Gasteiger charge is 2.39. The maximum atomic E-state index is 13.9. The summed E-state index contributed by atoms with van der Waals surface area (Å²) in [6, 6.07) is 4.64. The predicted octanol–water partition coefficient (Wildman–Crippen LogP) is 1.04. The van der Waals surface area contributed by atoms with Gasteiger partial charge in [0.05, 0.1) is 5.75 Å². The van der Waals surface area contributed by atoms with Gasteiger partial charge in [-0.25, -0.2) is 12.8 Å². The van der Waals surface area contributed by atoms with E-state index in [-0.39, 0.29) is 24.4 Å². The van der Waals surface area contributed by atoms with Crippen molar-refractivity contribution >= 4 is 15.9 Å². The standard InChI is InChI=1S/C13H17FN2O3S/c1-2-9-20(18,19)16-8-7-15-13(17)12(16)10-5-3-4-6-11(10)14/h3-6,12H,2,7-9H2,1H3,(H,15,17). The predicted molar refractivity (Wildman–Crippen MR) is 72.9 cm³/mol. The first-order valence-electron chi connectivity index (χ1n) is 6.49. The second kappa shape index (κ2) is 5.88. The molecule has 1 atom stereocenters. The van der Waals surface area contributed by atoms with Gasteiger partial charge in [-0.3, -0.25) is 4.79 Å². The maximum Gasteiger partial charge on any atom is 0.243 e. The van der Waals surface area contributed by atoms with E-state index in [0.29, 0.717) is 6.42 Å². The molecule has 1 aromatic carbocycles. The molecule has 1 unspecified atom stereocenters. The Bertz CT molecular complexity index is 603. The molecule has 1 aliphatic rings. The number of amides is 1. The van der Waals surface area contributed by atoms with E-state index in [4.69, 9.17) is 0 Å². The molecule has 1 N–H and O–H groups in total. The van der Waals surface area contributed by atoms with E-state index in [0.717, 1.165) is 4.31 Å². The first kappa shape index (κ1) is 14.9. The fraction of sp³-hybridized carbons (Fsp3) is 0.462. The van der Waals surface area contributed by atoms with Gasteiger partial charge in [-0.05, 0) is 12.5 Å². The number of rotatable bonds is 4. The van der Waals surface area contributed by atoms with Crippen molar-refractivity contribution in [3.8, 4) is 0 Å². The Labute approximate surface area is 117 Å². The van der Waals surface area contributed by atoms with Gasteiger partial charge in [-0.2, -0.15) is 4.31 Å². The molecule has 1 aromatic rings. The lowest BCUT2D eigenvalue weighted by Crippen LogP contribution is -2.52. The van der Waals surface area contributed by atoms with E-state index >= 15 is 0 Å². The smallest absolute Gasteiger partial charge is 0.243 e. The summed E-state index contributed by atoms with van der Waals surface area (Å²) >= 11 is 0. The molecule has 1 aliphatic heterocycles. The molecule has 0 aromatic heterocycles. The van der Waals surface area contributed by atoms with Crippen LogP contribution in [0.1, 0.15) is 24.9 Å². The molecule has 7 heteroatoms. The van der Waals surface area contributed by atoms with Gasteiger partial charge < -0.3 is 5.32 Å². The number of halogens is 1. The number of nitrogens with one attached hydrogen (secondary N) is 1. The molecule has 0 bridgehead atoms. The van der Waals surface area contributed by atoms with Crippen molar-refractivity contribution in [1.29, 1.82) is 0 Å². The van der Waals surface area contributed by atoms with Gasteiger partial charge >= 0.3 is 0 Å². The van der Waals surface area contributed by atoms with Crippen LogP contribution in [0.15, 0.2) is 24.3 Å². The first-order chi connectivity index (χ1) is 9.47. The van der Waals surface area contributed by atoms with Crippen molar-refractivity contribution in [3.63, 3.8) is 0 Å². The van der Waals surface area contributed by atoms with Gasteiger partial charge in [0.1, 0.15) is 11.9 Å². The molecule has 20 heavy (non-hydrogen) atoms. The zero-order chi connectivity index (χ0) is 14.8. The Morgan fingerprint density at radius 3 is 2.75 bits per heavy atom. The van der Waals surface area contributed by atoms with E-state index in [2.05, 4.69) is 5.32 Å². The molecule has 2 rings (SSSR count). The lowest BCUT2D eigenvalue weighted by atomic mass is 10.0. The average Bonchev–Trinajstić information content (AvgIpc) is 2.39. The van der Waals surface area contributed by atoms with Crippen LogP contribution in [0.2, 0.25) is 0 Å². The second-order valence-corrected chi connectivity index (χ2v) is 6.68. The third-order valence-corrected chi connectivity index (χ3v) is 5.22. The number of carbonyl (C=O) groups excluding carboxylic acids is 1. The molecule has 0 saturated carbocycles. The van der Waals surface area contributed by atoms with Crippen LogP contribution in [-0.4, -0.2) is 37.5 Å². The van der Waals surface area contributed by atoms with E-state index < -0.39 is 27.8 Å². The third-order valence-electron chi connectivity index (χ3n) is 3.19. The van der Waals surface area contributed by atoms with E-state index in [1.54, 1.807) is 13.0 Å². The van der Waals surface area contributed by atoms with Gasteiger partial charge in [0.25, 0.3) is 0 Å². The third kappa shape index (κ3) is 2.83. The maximum absolute atomic E-state index is 13.9. The summed E-state index contributed by atoms with van der Waals surface area (Å²) in [5.41, 5.74) is 0.0874. The molecule has 5 nitrogen and oxygen atoms in total. The minimum absolute atomic E-state index is 0.0504. The summed E-state index contributed by atoms with van der Waals surface area (Å²) in [6.45, 7) is 2.15. The van der Waals surface area contributed by atoms with Crippen LogP contribution in [0.4, 0.5) is 4.39 Å². The summed E-state index contributed by atoms with van der Waals surface area (Å²) in [6.07, 6.45) is 0.449. The number of benzene rings is 1. The molecular formula is C13H17FN2O3S. The van der Waals surface area contributed by atoms with Crippen LogP contribution in [0, 0.1) is 5.82 Å². The van der Waals surface area contributed by atoms with Crippen LogP contribution >= 0.6 is 0 Å². The molecule has 0 spiro atoms. The van der Waals surface area contributed by atoms with Gasteiger partial charge in [-0.1, -0.05) is 25.1 Å². The highest BCUT2D eigenvalue weighted by atomic mass is 32.2. The van der Waals surface area contributed by atoms with Crippen LogP contribution in [0.5, 0.6) is 0 Å². The highest BCUT2D eigenvalue weighted by molar-refractivity contribution is 7.89. The molecule has 1 fully saturated rings. The fourth-order valence-electron chi connectivity index (χ4n) is 2.31. The van der Waals surface area contributed by atoms with E-state index in [9.17, 15) is 17.6 Å². The summed E-state index contributed by atoms with van der Waals surface area (Å²) in [5, 5.41) is 2.59. The van der Waals surface area contributed by atoms with Crippen molar-refractivity contribution in [1.82, 2.24) is 9.62 Å². The van der Waals surface area contributed by atoms with E-state index in [1.165, 1.54) is 18.2 Å². The Morgan fingerprint density at radius 1 is 1.40 bits per heavy atom. The van der Waals surface area contributed by atoms with Crippen molar-refractivity contribution in [2.45, 2.75) is 19.4 Å². The highest BCUT2D eigenvalue weighted by Crippen LogP contribution is 2.28. The van der Waals surface area contributed by atoms with Crippen molar-refractivity contribution in [2.75, 3.05) is 18.8 Å². The van der Waals surface area contributed by atoms with Crippen LogP contribution in [0.3, 0.4) is 0 Å². The lowest BCUT2D eigenvalue weighted by Gasteiger charge is -2.34. The fourth-order valence-corrected chi connectivity index (χ4v) is 3.96. The lowest BCUT2D eigenvalue weighted by molar-refractivity contribution is -0.127. The monoisotopic (exact) mass is 300 g/mol. The molecular weight excluding hydrogens is 283 g/mol. The Hall–Kier alpha value is -1.47. The largest absolute Gasteiger partial charge is 0.353 e. The van der Waals surface area contributed by atoms with Crippen LogP contribution < -0.4 is 5.32 Å². The zero-order valence-corrected chi connectivity index (χ0v) is 12.0. The Kier molecular flexibility index (Phi) is 4.39. The Morgan fingerprint density at radius 2 is 2.10 bits per heavy atom. The molecule has 1 heterocycles. The normalized spacial score (nSPS) is 20.7. The number of piperazine rings is 1. The molecule has 1 saturated heterocycles. The van der Waals surface area contributed by atoms with E-state index in [1.807, 2.05) is 0 Å². The average molecular weight is 300 g/mol. The number of sulfonamides is 1. The van der Waals surface area contributed by atoms with Gasteiger partial charge in [0.2, 0.25) is 15.9 Å². The second-order valence-electron chi connectivity index (χ2n) is 4.64. The minimum Gasteiger partial charge on any atom is -0.353 e. The number of hydrogen-bond acceptors (Lipinski definition) is 3. The first-order valence-corrected chi connectivity index (χ1v) is 8.10. The summed E-state index contributed by atoms with van der Waals surface area (Å²) < 4.78 is 39.5. The van der Waals surface area contributed by atoms with Crippen molar-refractivity contribution < 1.29 is 17.6 Å². The number of hydrogen-bond donors (Lipinski definition) is 1. The number of nitrogens with zero attached hydrogens (tertiary/aromatic N) is 1. The summed E-state index contributed by atoms with van der Waals surface area (Å²) in [4.78, 5) is 12.0. The van der Waals surface area contributed by atoms with Crippen molar-refractivity contribution in [3.05, 3.63) is 35.6 Å². The SMILES string of the molecule is CCCS(=O)(=O)N1CCNC(=O)C1c1ccccc1F. The summed E-state index contributed by atoms with van der Waals surface area (Å²) in [7, 11) is -3.57. The molecule has 110 valence electrons. The molecule has 1 amide bonds. The Balaban J connectivity index is 2.45. The van der Waals surface area contributed by atoms with Gasteiger partial charge in [-0.15, -0.1) is 0 Å². The molecule has 0 radical (unpaired) electrons. The van der Waals surface area contributed by atoms with Crippen LogP contribution in [-0.2, 0) is 14.8 Å².